The molecule has 7 nitrogen and oxygen atoms in total. The highest BCUT2D eigenvalue weighted by Crippen LogP contribution is 2.68. The van der Waals surface area contributed by atoms with E-state index in [1.165, 1.54) is 4.90 Å². The number of hydrogen-bond acceptors (Lipinski definition) is 6. The molecule has 0 saturated carbocycles. The summed E-state index contributed by atoms with van der Waals surface area (Å²) in [5.41, 5.74) is 0. The van der Waals surface area contributed by atoms with Crippen molar-refractivity contribution in [1.82, 2.24) is 10.2 Å². The lowest BCUT2D eigenvalue weighted by molar-refractivity contribution is -0.154. The highest BCUT2D eigenvalue weighted by atomic mass is 79.9. The second-order valence-electron chi connectivity index (χ2n) is 7.84. The van der Waals surface area contributed by atoms with E-state index in [0.29, 0.717) is 13.0 Å². The molecular formula is C19H29BrN2O5S. The highest BCUT2D eigenvalue weighted by molar-refractivity contribution is 9.09. The fourth-order valence-electron chi connectivity index (χ4n) is 4.92. The summed E-state index contributed by atoms with van der Waals surface area (Å²) in [7, 11) is 0. The number of aliphatic hydroxyl groups is 1. The van der Waals surface area contributed by atoms with Gasteiger partial charge in [0, 0.05) is 16.6 Å². The first kappa shape index (κ1) is 21.9. The maximum atomic E-state index is 13.4. The van der Waals surface area contributed by atoms with Crippen LogP contribution in [0.15, 0.2) is 0 Å². The number of alkyl halides is 1. The standard InChI is InChI=1S/C19H29BrN2O5S/c1-4-6-7-21-16(24)15-19-8-11(20)14(28-19)12(18(26)27-5-2)13(19)17(25)22(15)10(3)9-23/h10-15,23H,4-9H2,1-3H3,(H,21,24)/t10-,11?,12+,13+,14+,15?,19?/m1/s1. The molecule has 0 aromatic carbocycles. The minimum Gasteiger partial charge on any atom is -0.466 e. The first-order valence-corrected chi connectivity index (χ1v) is 11.8. The molecule has 3 aliphatic heterocycles. The van der Waals surface area contributed by atoms with Crippen LogP contribution >= 0.6 is 27.7 Å². The fourth-order valence-corrected chi connectivity index (χ4v) is 8.51. The van der Waals surface area contributed by atoms with Gasteiger partial charge < -0.3 is 20.1 Å². The number of nitrogens with zero attached hydrogens (tertiary/aromatic N) is 1. The molecule has 2 amide bonds. The van der Waals surface area contributed by atoms with E-state index in [-0.39, 0.29) is 41.1 Å². The van der Waals surface area contributed by atoms with Crippen molar-refractivity contribution in [2.24, 2.45) is 11.8 Å². The number of hydrogen-bond donors (Lipinski definition) is 2. The zero-order valence-corrected chi connectivity index (χ0v) is 18.9. The van der Waals surface area contributed by atoms with Gasteiger partial charge in [0.05, 0.1) is 35.8 Å². The molecule has 1 spiro atoms. The molecule has 3 fully saturated rings. The van der Waals surface area contributed by atoms with Crippen molar-refractivity contribution in [1.29, 1.82) is 0 Å². The summed E-state index contributed by atoms with van der Waals surface area (Å²) in [5.74, 6) is -1.94. The molecule has 158 valence electrons. The van der Waals surface area contributed by atoms with Crippen LogP contribution < -0.4 is 5.32 Å². The van der Waals surface area contributed by atoms with Crippen LogP contribution in [0, 0.1) is 11.8 Å². The molecule has 7 atom stereocenters. The molecule has 3 unspecified atom stereocenters. The van der Waals surface area contributed by atoms with Gasteiger partial charge in [-0.2, -0.15) is 0 Å². The van der Waals surface area contributed by atoms with Crippen LogP contribution in [0.25, 0.3) is 0 Å². The Labute approximate surface area is 178 Å². The predicted octanol–water partition coefficient (Wildman–Crippen LogP) is 1.31. The summed E-state index contributed by atoms with van der Waals surface area (Å²) in [6.45, 7) is 6.11. The summed E-state index contributed by atoms with van der Waals surface area (Å²) < 4.78 is 4.61. The molecule has 2 N–H and O–H groups in total. The third-order valence-electron chi connectivity index (χ3n) is 6.10. The molecule has 0 aromatic rings. The molecule has 0 radical (unpaired) electrons. The summed E-state index contributed by atoms with van der Waals surface area (Å²) >= 11 is 5.26. The number of carbonyl (C=O) groups excluding carboxylic acids is 3. The summed E-state index contributed by atoms with van der Waals surface area (Å²) in [5, 5.41) is 12.6. The summed E-state index contributed by atoms with van der Waals surface area (Å²) in [6.07, 6.45) is 2.45. The van der Waals surface area contributed by atoms with E-state index in [1.54, 1.807) is 25.6 Å². The Bertz CT molecular complexity index is 650. The zero-order chi connectivity index (χ0) is 20.6. The predicted molar refractivity (Wildman–Crippen MR) is 110 cm³/mol. The first-order valence-electron chi connectivity index (χ1n) is 10.0. The van der Waals surface area contributed by atoms with Gasteiger partial charge in [0.25, 0.3) is 0 Å². The van der Waals surface area contributed by atoms with E-state index in [4.69, 9.17) is 4.74 Å². The molecule has 3 heterocycles. The van der Waals surface area contributed by atoms with E-state index in [9.17, 15) is 19.5 Å². The molecule has 0 aliphatic carbocycles. The van der Waals surface area contributed by atoms with Crippen molar-refractivity contribution >= 4 is 45.5 Å². The lowest BCUT2D eigenvalue weighted by Gasteiger charge is -2.36. The molecule has 3 aliphatic rings. The van der Waals surface area contributed by atoms with E-state index in [1.807, 2.05) is 6.92 Å². The number of nitrogens with one attached hydrogen (secondary N) is 1. The second-order valence-corrected chi connectivity index (χ2v) is 10.6. The molecule has 3 rings (SSSR count). The number of fused-ring (bicyclic) bond motifs is 1. The maximum Gasteiger partial charge on any atom is 0.310 e. The van der Waals surface area contributed by atoms with Crippen LogP contribution in [0.2, 0.25) is 0 Å². The van der Waals surface area contributed by atoms with Crippen molar-refractivity contribution < 1.29 is 24.2 Å². The Kier molecular flexibility index (Phi) is 6.66. The van der Waals surface area contributed by atoms with E-state index in [2.05, 4.69) is 21.2 Å². The Morgan fingerprint density at radius 2 is 2.18 bits per heavy atom. The quantitative estimate of drug-likeness (QED) is 0.311. The SMILES string of the molecule is CCCCNC(=O)C1N([C@H](C)CO)C(=O)[C@@H]2[C@H](C(=O)OCC)[C@H]3SC12CC3Br. The normalized spacial score (nSPS) is 37.1. The number of carbonyl (C=O) groups is 3. The Morgan fingerprint density at radius 3 is 2.79 bits per heavy atom. The van der Waals surface area contributed by atoms with Gasteiger partial charge in [-0.25, -0.2) is 0 Å². The van der Waals surface area contributed by atoms with Crippen molar-refractivity contribution in [3.05, 3.63) is 0 Å². The average molecular weight is 477 g/mol. The molecular weight excluding hydrogens is 448 g/mol. The van der Waals surface area contributed by atoms with E-state index < -0.39 is 28.7 Å². The largest absolute Gasteiger partial charge is 0.466 e. The smallest absolute Gasteiger partial charge is 0.310 e. The van der Waals surface area contributed by atoms with Gasteiger partial charge in [0.2, 0.25) is 11.8 Å². The number of rotatable bonds is 8. The van der Waals surface area contributed by atoms with Crippen molar-refractivity contribution in [3.63, 3.8) is 0 Å². The van der Waals surface area contributed by atoms with Gasteiger partial charge in [-0.1, -0.05) is 29.3 Å². The van der Waals surface area contributed by atoms with Crippen LogP contribution in [0.1, 0.15) is 40.0 Å². The topological polar surface area (TPSA) is 95.9 Å². The monoisotopic (exact) mass is 476 g/mol. The number of likely N-dealkylation sites (tertiary alicyclic amines) is 1. The molecule has 28 heavy (non-hydrogen) atoms. The van der Waals surface area contributed by atoms with E-state index >= 15 is 0 Å². The van der Waals surface area contributed by atoms with Gasteiger partial charge in [-0.15, -0.1) is 11.8 Å². The number of amides is 2. The van der Waals surface area contributed by atoms with Crippen LogP contribution in [0.3, 0.4) is 0 Å². The lowest BCUT2D eigenvalue weighted by Crippen LogP contribution is -2.56. The van der Waals surface area contributed by atoms with Gasteiger partial charge in [0.15, 0.2) is 0 Å². The number of ether oxygens (including phenoxy) is 1. The zero-order valence-electron chi connectivity index (χ0n) is 16.5. The number of unbranched alkanes of at least 4 members (excludes halogenated alkanes) is 1. The van der Waals surface area contributed by atoms with E-state index in [0.717, 1.165) is 12.8 Å². The first-order chi connectivity index (χ1) is 13.3. The number of aliphatic hydroxyl groups excluding tert-OH is 1. The van der Waals surface area contributed by atoms with Crippen LogP contribution in [0.5, 0.6) is 0 Å². The average Bonchev–Trinajstić information content (AvgIpc) is 3.25. The van der Waals surface area contributed by atoms with Gasteiger partial charge in [-0.05, 0) is 26.7 Å². The number of esters is 1. The van der Waals surface area contributed by atoms with Crippen molar-refractivity contribution in [3.8, 4) is 0 Å². The fraction of sp³-hybridized carbons (Fsp3) is 0.842. The second kappa shape index (κ2) is 8.52. The molecule has 0 aromatic heterocycles. The van der Waals surface area contributed by atoms with Gasteiger partial charge in [0.1, 0.15) is 6.04 Å². The van der Waals surface area contributed by atoms with Gasteiger partial charge in [-0.3, -0.25) is 14.4 Å². The number of halogens is 1. The minimum atomic E-state index is -0.696. The van der Waals surface area contributed by atoms with Crippen molar-refractivity contribution in [2.75, 3.05) is 19.8 Å². The maximum absolute atomic E-state index is 13.4. The summed E-state index contributed by atoms with van der Waals surface area (Å²) in [4.78, 5) is 40.9. The third-order valence-corrected chi connectivity index (χ3v) is 9.32. The van der Waals surface area contributed by atoms with Crippen LogP contribution in [-0.4, -0.2) is 74.5 Å². The van der Waals surface area contributed by atoms with Crippen LogP contribution in [-0.2, 0) is 19.1 Å². The Hall–Kier alpha value is -0.800. The highest BCUT2D eigenvalue weighted by Gasteiger charge is 2.76. The Balaban J connectivity index is 1.99. The van der Waals surface area contributed by atoms with Crippen LogP contribution in [0.4, 0.5) is 0 Å². The lowest BCUT2D eigenvalue weighted by atomic mass is 9.71. The molecule has 9 heteroatoms. The van der Waals surface area contributed by atoms with Crippen molar-refractivity contribution in [2.45, 2.75) is 66.9 Å². The Morgan fingerprint density at radius 1 is 1.46 bits per heavy atom. The van der Waals surface area contributed by atoms with Gasteiger partial charge >= 0.3 is 5.97 Å². The molecule has 3 saturated heterocycles. The summed E-state index contributed by atoms with van der Waals surface area (Å²) in [6, 6.07) is -1.19. The minimum absolute atomic E-state index is 0.0336. The number of thioether (sulfide) groups is 1. The third kappa shape index (κ3) is 3.27. The molecule has 2 bridgehead atoms.